The van der Waals surface area contributed by atoms with Crippen LogP contribution >= 0.6 is 15.9 Å². The number of hydrogen-bond donors (Lipinski definition) is 0. The second-order valence-corrected chi connectivity index (χ2v) is 14.3. The number of anilines is 1. The van der Waals surface area contributed by atoms with Gasteiger partial charge in [-0.1, -0.05) is 65.9 Å². The first-order valence-electron chi connectivity index (χ1n) is 9.10. The summed E-state index contributed by atoms with van der Waals surface area (Å²) in [7, 11) is -0.196. The Labute approximate surface area is 169 Å². The SMILES string of the molecule is CN1C(=O)[C@]2(CC(c3ccccc3)=C([Si](C)(C)C)C2=O)c2cc(Br)ccc21. The number of rotatable bonds is 2. The monoisotopic (exact) mass is 439 g/mol. The maximum absolute atomic E-state index is 13.9. The third kappa shape index (κ3) is 2.52. The fourth-order valence-corrected chi connectivity index (χ4v) is 6.90. The van der Waals surface area contributed by atoms with E-state index in [1.807, 2.05) is 48.5 Å². The molecule has 0 saturated carbocycles. The van der Waals surface area contributed by atoms with E-state index in [9.17, 15) is 9.59 Å². The van der Waals surface area contributed by atoms with E-state index in [0.717, 1.165) is 32.1 Å². The molecule has 1 amide bonds. The summed E-state index contributed by atoms with van der Waals surface area (Å²) >= 11 is 3.52. The Morgan fingerprint density at radius 2 is 1.70 bits per heavy atom. The van der Waals surface area contributed by atoms with Gasteiger partial charge < -0.3 is 4.90 Å². The molecule has 2 aromatic carbocycles. The number of amides is 1. The van der Waals surface area contributed by atoms with Crippen molar-refractivity contribution in [2.45, 2.75) is 31.5 Å². The first kappa shape index (κ1) is 18.4. The zero-order chi connectivity index (χ0) is 19.6. The van der Waals surface area contributed by atoms with E-state index in [1.165, 1.54) is 0 Å². The summed E-state index contributed by atoms with van der Waals surface area (Å²) in [5.74, 6) is -0.100. The molecule has 2 aromatic rings. The fourth-order valence-electron chi connectivity index (χ4n) is 4.51. The van der Waals surface area contributed by atoms with Crippen LogP contribution in [0.25, 0.3) is 5.57 Å². The molecule has 27 heavy (non-hydrogen) atoms. The Morgan fingerprint density at radius 1 is 1.04 bits per heavy atom. The lowest BCUT2D eigenvalue weighted by Crippen LogP contribution is -2.45. The fraction of sp³-hybridized carbons (Fsp3) is 0.273. The van der Waals surface area contributed by atoms with Gasteiger partial charge in [-0.25, -0.2) is 0 Å². The highest BCUT2D eigenvalue weighted by atomic mass is 79.9. The Bertz CT molecular complexity index is 1010. The maximum Gasteiger partial charge on any atom is 0.245 e. The molecule has 3 nitrogen and oxygen atoms in total. The lowest BCUT2D eigenvalue weighted by molar-refractivity contribution is -0.130. The van der Waals surface area contributed by atoms with Gasteiger partial charge in [-0.2, -0.15) is 0 Å². The molecular weight excluding hydrogens is 418 g/mol. The molecule has 1 aliphatic carbocycles. The molecular formula is C22H22BrNO2Si. The second-order valence-electron chi connectivity index (χ2n) is 8.41. The van der Waals surface area contributed by atoms with E-state index in [0.29, 0.717) is 6.42 Å². The molecule has 0 N–H and O–H groups in total. The van der Waals surface area contributed by atoms with Crippen LogP contribution < -0.4 is 4.90 Å². The number of ketones is 1. The van der Waals surface area contributed by atoms with Gasteiger partial charge in [-0.3, -0.25) is 9.59 Å². The van der Waals surface area contributed by atoms with Gasteiger partial charge >= 0.3 is 0 Å². The average molecular weight is 440 g/mol. The van der Waals surface area contributed by atoms with Crippen LogP contribution in [0.3, 0.4) is 0 Å². The molecule has 138 valence electrons. The van der Waals surface area contributed by atoms with Crippen LogP contribution in [0.1, 0.15) is 17.5 Å². The van der Waals surface area contributed by atoms with Crippen molar-refractivity contribution in [2.24, 2.45) is 0 Å². The Morgan fingerprint density at radius 3 is 2.33 bits per heavy atom. The number of likely N-dealkylation sites (N-methyl/N-ethyl adjacent to an activating group) is 1. The molecule has 1 aliphatic heterocycles. The second kappa shape index (κ2) is 6.01. The molecule has 2 aliphatic rings. The van der Waals surface area contributed by atoms with Crippen LogP contribution in [-0.4, -0.2) is 26.8 Å². The normalized spacial score (nSPS) is 22.2. The highest BCUT2D eigenvalue weighted by Crippen LogP contribution is 2.54. The van der Waals surface area contributed by atoms with Gasteiger partial charge in [0.15, 0.2) is 5.78 Å². The van der Waals surface area contributed by atoms with E-state index in [4.69, 9.17) is 0 Å². The minimum atomic E-state index is -1.97. The molecule has 0 bridgehead atoms. The highest BCUT2D eigenvalue weighted by Gasteiger charge is 2.61. The van der Waals surface area contributed by atoms with Crippen molar-refractivity contribution in [1.29, 1.82) is 0 Å². The largest absolute Gasteiger partial charge is 0.314 e. The van der Waals surface area contributed by atoms with Crippen LogP contribution in [0, 0.1) is 0 Å². The van der Waals surface area contributed by atoms with Crippen molar-refractivity contribution in [2.75, 3.05) is 11.9 Å². The minimum absolute atomic E-state index is 0.00854. The molecule has 0 radical (unpaired) electrons. The molecule has 0 fully saturated rings. The van der Waals surface area contributed by atoms with Gasteiger partial charge in [0.05, 0.1) is 8.07 Å². The molecule has 1 atom stereocenters. The summed E-state index contributed by atoms with van der Waals surface area (Å²) in [6.45, 7) is 6.56. The van der Waals surface area contributed by atoms with Crippen LogP contribution in [0.2, 0.25) is 19.6 Å². The highest BCUT2D eigenvalue weighted by molar-refractivity contribution is 9.10. The van der Waals surface area contributed by atoms with Crippen molar-refractivity contribution in [3.05, 3.63) is 69.3 Å². The summed E-state index contributed by atoms with van der Waals surface area (Å²) in [6.07, 6.45) is 0.447. The van der Waals surface area contributed by atoms with Crippen LogP contribution in [0.15, 0.2) is 58.2 Å². The van der Waals surface area contributed by atoms with Gasteiger partial charge in [0.1, 0.15) is 5.41 Å². The predicted molar refractivity (Wildman–Crippen MR) is 116 cm³/mol. The van der Waals surface area contributed by atoms with Gasteiger partial charge in [-0.15, -0.1) is 0 Å². The van der Waals surface area contributed by atoms with Crippen LogP contribution in [0.5, 0.6) is 0 Å². The summed E-state index contributed by atoms with van der Waals surface area (Å²) in [5.41, 5.74) is 2.65. The Kier molecular flexibility index (Phi) is 4.09. The maximum atomic E-state index is 13.9. The number of hydrogen-bond acceptors (Lipinski definition) is 2. The molecule has 0 unspecified atom stereocenters. The van der Waals surface area contributed by atoms with Gasteiger partial charge in [0.25, 0.3) is 0 Å². The molecule has 4 rings (SSSR count). The van der Waals surface area contributed by atoms with Crippen molar-refractivity contribution < 1.29 is 9.59 Å². The van der Waals surface area contributed by atoms with Crippen molar-refractivity contribution >= 4 is 47.0 Å². The number of carbonyl (C=O) groups is 2. The van der Waals surface area contributed by atoms with Crippen molar-refractivity contribution in [3.63, 3.8) is 0 Å². The van der Waals surface area contributed by atoms with E-state index in [1.54, 1.807) is 11.9 Å². The zero-order valence-electron chi connectivity index (χ0n) is 16.0. The number of halogens is 1. The Hall–Kier alpha value is -1.98. The quantitative estimate of drug-likeness (QED) is 0.489. The third-order valence-electron chi connectivity index (χ3n) is 5.68. The molecule has 1 spiro atoms. The first-order valence-corrected chi connectivity index (χ1v) is 13.4. The zero-order valence-corrected chi connectivity index (χ0v) is 18.6. The first-order chi connectivity index (χ1) is 12.7. The Balaban J connectivity index is 1.98. The number of benzene rings is 2. The van der Waals surface area contributed by atoms with Crippen molar-refractivity contribution in [3.8, 4) is 0 Å². The average Bonchev–Trinajstić information content (AvgIpc) is 3.05. The predicted octanol–water partition coefficient (Wildman–Crippen LogP) is 4.97. The van der Waals surface area contributed by atoms with Gasteiger partial charge in [0.2, 0.25) is 5.91 Å². The summed E-state index contributed by atoms with van der Waals surface area (Å²) < 4.78 is 0.888. The van der Waals surface area contributed by atoms with E-state index < -0.39 is 13.5 Å². The van der Waals surface area contributed by atoms with Crippen LogP contribution in [0.4, 0.5) is 5.69 Å². The summed E-state index contributed by atoms with van der Waals surface area (Å²) in [5, 5.41) is 0.906. The summed E-state index contributed by atoms with van der Waals surface area (Å²) in [4.78, 5) is 29.0. The van der Waals surface area contributed by atoms with E-state index in [2.05, 4.69) is 35.6 Å². The van der Waals surface area contributed by atoms with Gasteiger partial charge in [0, 0.05) is 22.8 Å². The van der Waals surface area contributed by atoms with Gasteiger partial charge in [-0.05, 0) is 41.0 Å². The number of fused-ring (bicyclic) bond motifs is 2. The smallest absolute Gasteiger partial charge is 0.245 e. The number of carbonyl (C=O) groups excluding carboxylic acids is 2. The third-order valence-corrected chi connectivity index (χ3v) is 8.20. The molecule has 0 aromatic heterocycles. The lowest BCUT2D eigenvalue weighted by atomic mass is 9.77. The van der Waals surface area contributed by atoms with E-state index >= 15 is 0 Å². The summed E-state index contributed by atoms with van der Waals surface area (Å²) in [6, 6.07) is 15.9. The number of allylic oxidation sites excluding steroid dienone is 2. The van der Waals surface area contributed by atoms with Crippen molar-refractivity contribution in [1.82, 2.24) is 0 Å². The molecule has 5 heteroatoms. The number of Topliss-reactive ketones (excluding diaryl/α,β-unsaturated/α-hetero) is 1. The lowest BCUT2D eigenvalue weighted by Gasteiger charge is -2.24. The standard InChI is InChI=1S/C22H22BrNO2Si/c1-24-18-11-10-15(23)12-17(18)22(21(24)26)13-16(14-8-6-5-7-9-14)19(20(22)25)27(2,3)4/h5-12H,13H2,1-4H3/t22-/m1/s1. The minimum Gasteiger partial charge on any atom is -0.314 e. The number of nitrogens with zero attached hydrogens (tertiary/aromatic N) is 1. The molecule has 0 saturated heterocycles. The van der Waals surface area contributed by atoms with Crippen LogP contribution in [-0.2, 0) is 15.0 Å². The van der Waals surface area contributed by atoms with E-state index in [-0.39, 0.29) is 11.7 Å². The molecule has 1 heterocycles. The topological polar surface area (TPSA) is 37.4 Å².